The van der Waals surface area contributed by atoms with E-state index in [-0.39, 0.29) is 0 Å². The van der Waals surface area contributed by atoms with Crippen LogP contribution >= 0.6 is 0 Å². The summed E-state index contributed by atoms with van der Waals surface area (Å²) in [7, 11) is 0. The normalized spacial score (nSPS) is 1.29. The van der Waals surface area contributed by atoms with Crippen LogP contribution in [0.5, 0.6) is 0 Å². The molecule has 8 heteroatoms. The number of hydrogen-bond donors (Lipinski definition) is 0. The first-order valence-electron chi connectivity index (χ1n) is 1.47. The number of hydrogen-bond acceptors (Lipinski definition) is 6. The summed E-state index contributed by atoms with van der Waals surface area (Å²) in [6.07, 6.45) is 0. The van der Waals surface area contributed by atoms with Gasteiger partial charge in [0.05, 0.1) is 0 Å². The van der Waals surface area contributed by atoms with Crippen molar-refractivity contribution < 1.29 is 29.1 Å². The van der Waals surface area contributed by atoms with Gasteiger partial charge in [-0.15, -0.1) is 0 Å². The van der Waals surface area contributed by atoms with E-state index in [1.807, 2.05) is 0 Å². The van der Waals surface area contributed by atoms with Gasteiger partial charge in [0.2, 0.25) is 0 Å². The van der Waals surface area contributed by atoms with Crippen molar-refractivity contribution in [2.75, 3.05) is 0 Å². The molecular weight excluding hydrogens is 402 g/mol. The molecule has 0 bridgehead atoms. The van der Waals surface area contributed by atoms with E-state index in [2.05, 4.69) is 13.1 Å². The quantitative estimate of drug-likeness (QED) is 0.428. The van der Waals surface area contributed by atoms with E-state index in [0.717, 1.165) is 0 Å². The molecule has 0 radical (unpaired) electrons. The van der Waals surface area contributed by atoms with E-state index in [1.54, 1.807) is 16.0 Å². The van der Waals surface area contributed by atoms with Gasteiger partial charge in [0.25, 0.3) is 0 Å². The van der Waals surface area contributed by atoms with Gasteiger partial charge < -0.3 is 71.0 Å². The molecule has 0 aromatic rings. The van der Waals surface area contributed by atoms with Crippen LogP contribution in [-0.2, 0) is 29.1 Å². The molecule has 0 atom stereocenters. The van der Waals surface area contributed by atoms with E-state index in [9.17, 15) is 0 Å². The van der Waals surface area contributed by atoms with Gasteiger partial charge >= 0.3 is 29.1 Å². The first-order valence-corrected chi connectivity index (χ1v) is 5.56. The Bertz CT molecular complexity index is 109. The van der Waals surface area contributed by atoms with Crippen LogP contribution in [0.3, 0.4) is 0 Å². The zero-order chi connectivity index (χ0) is 14.0. The minimum atomic E-state index is 1.61. The van der Waals surface area contributed by atoms with Crippen molar-refractivity contribution in [2.24, 2.45) is 0 Å². The summed E-state index contributed by atoms with van der Waals surface area (Å²) < 4.78 is 0. The molecule has 6 nitrogen and oxygen atoms in total. The van der Waals surface area contributed by atoms with Gasteiger partial charge in [0, 0.05) is 0 Å². The van der Waals surface area contributed by atoms with E-state index in [1.165, 1.54) is 0 Å². The molecule has 0 saturated carbocycles. The van der Waals surface area contributed by atoms with Crippen molar-refractivity contribution in [1.82, 2.24) is 0 Å². The number of rotatable bonds is 0. The SMILES string of the molecule is [C-]#N.[C-]#N.[C-]#N.[C-]#N.[C-]#N.[C-]#N.[Fe]=[Os]. The molecule has 0 aliphatic carbocycles. The van der Waals surface area contributed by atoms with Gasteiger partial charge in [-0.1, -0.05) is 0 Å². The van der Waals surface area contributed by atoms with Crippen molar-refractivity contribution >= 4 is 0 Å². The van der Waals surface area contributed by atoms with Crippen molar-refractivity contribution in [3.8, 4) is 0 Å². The van der Waals surface area contributed by atoms with Gasteiger partial charge in [-0.3, -0.25) is 0 Å². The summed E-state index contributed by atoms with van der Waals surface area (Å²) in [4.78, 5) is 0. The first kappa shape index (κ1) is 57.3. The molecule has 0 unspecified atom stereocenters. The minimum absolute atomic E-state index is 1.61. The summed E-state index contributed by atoms with van der Waals surface area (Å²) in [5, 5.41) is 37.5. The predicted octanol–water partition coefficient (Wildman–Crippen LogP) is 0.573. The molecule has 0 N–H and O–H groups in total. The van der Waals surface area contributed by atoms with Gasteiger partial charge in [0.15, 0.2) is 0 Å². The molecule has 0 aromatic carbocycles. The average molecular weight is 402 g/mol. The topological polar surface area (TPSA) is 143 Å². The third kappa shape index (κ3) is 230. The van der Waals surface area contributed by atoms with Gasteiger partial charge in [-0.25, -0.2) is 0 Å². The zero-order valence-corrected chi connectivity index (χ0v) is 10.0. The number of nitrogens with zero attached hydrogens (tertiary/aromatic N) is 6. The van der Waals surface area contributed by atoms with Crippen LogP contribution in [0.2, 0.25) is 0 Å². The van der Waals surface area contributed by atoms with Crippen LogP contribution in [0.1, 0.15) is 0 Å². The average Bonchev–Trinajstić information content (AvgIpc) is 2.45. The molecule has 0 saturated heterocycles. The molecule has 0 fully saturated rings. The fourth-order valence-corrected chi connectivity index (χ4v) is 0. The van der Waals surface area contributed by atoms with Gasteiger partial charge in [-0.05, 0) is 0 Å². The van der Waals surface area contributed by atoms with E-state index in [0.29, 0.717) is 0 Å². The third-order valence-corrected chi connectivity index (χ3v) is 0. The van der Waals surface area contributed by atoms with Gasteiger partial charge in [-0.2, -0.15) is 0 Å². The monoisotopic (exact) mass is 404 g/mol. The Morgan fingerprint density at radius 2 is 0.429 bits per heavy atom. The molecular formula is C6FeN6Os-6. The fourth-order valence-electron chi connectivity index (χ4n) is 0. The molecule has 0 spiro atoms. The van der Waals surface area contributed by atoms with Crippen molar-refractivity contribution in [3.63, 3.8) is 0 Å². The summed E-state index contributed by atoms with van der Waals surface area (Å²) in [5.74, 6) is 0. The summed E-state index contributed by atoms with van der Waals surface area (Å²) in [6.45, 7) is 28.5. The summed E-state index contributed by atoms with van der Waals surface area (Å²) in [5.41, 5.74) is 0. The van der Waals surface area contributed by atoms with Crippen molar-refractivity contribution in [2.45, 2.75) is 0 Å². The molecule has 0 heterocycles. The Morgan fingerprint density at radius 3 is 0.429 bits per heavy atom. The van der Waals surface area contributed by atoms with E-state index < -0.39 is 0 Å². The predicted molar refractivity (Wildman–Crippen MR) is 29.8 cm³/mol. The van der Waals surface area contributed by atoms with Crippen LogP contribution in [0.4, 0.5) is 0 Å². The second-order valence-electron chi connectivity index (χ2n) is 0. The summed E-state index contributed by atoms with van der Waals surface area (Å²) >= 11 is 4.89. The van der Waals surface area contributed by atoms with E-state index in [4.69, 9.17) is 71.0 Å². The fraction of sp³-hybridized carbons (Fsp3) is 0. The third-order valence-electron chi connectivity index (χ3n) is 0. The second-order valence-corrected chi connectivity index (χ2v) is 0. The Kier molecular flexibility index (Phi) is 1280. The molecule has 0 aliphatic heterocycles. The van der Waals surface area contributed by atoms with Crippen LogP contribution in [-0.4, -0.2) is 0 Å². The molecule has 76 valence electrons. The van der Waals surface area contributed by atoms with Crippen LogP contribution < -0.4 is 0 Å². The van der Waals surface area contributed by atoms with Gasteiger partial charge in [0.1, 0.15) is 0 Å². The Hall–Kier alpha value is -1.90. The van der Waals surface area contributed by atoms with Crippen LogP contribution in [0.25, 0.3) is 0 Å². The maximum atomic E-state index is 6.25. The van der Waals surface area contributed by atoms with Crippen LogP contribution in [0.15, 0.2) is 0 Å². The zero-order valence-electron chi connectivity index (χ0n) is 6.39. The van der Waals surface area contributed by atoms with Crippen molar-refractivity contribution in [1.29, 1.82) is 31.6 Å². The molecule has 0 amide bonds. The second kappa shape index (κ2) is 312. The maximum absolute atomic E-state index is 6.25. The summed E-state index contributed by atoms with van der Waals surface area (Å²) in [6, 6.07) is 0. The standard InChI is InChI=1S/6CN.Fe.Os/c6*1-2;;/q6*-1;;. The Balaban J connectivity index is -0.00000000817. The first-order chi connectivity index (χ1) is 7.00. The molecule has 14 heavy (non-hydrogen) atoms. The van der Waals surface area contributed by atoms with Crippen LogP contribution in [0, 0.1) is 71.0 Å². The van der Waals surface area contributed by atoms with Crippen molar-refractivity contribution in [3.05, 3.63) is 39.4 Å². The molecule has 0 rings (SSSR count). The molecule has 0 aliphatic rings. The van der Waals surface area contributed by atoms with E-state index >= 15 is 0 Å². The Morgan fingerprint density at radius 1 is 0.429 bits per heavy atom. The molecule has 0 aromatic heterocycles. The Labute approximate surface area is 100.0 Å².